The number of anilines is 2. The molecule has 0 amide bonds. The van der Waals surface area contributed by atoms with Crippen molar-refractivity contribution in [2.45, 2.75) is 44.8 Å². The van der Waals surface area contributed by atoms with Gasteiger partial charge in [-0.2, -0.15) is 0 Å². The molecule has 0 aliphatic heterocycles. The number of rotatable bonds is 8. The van der Waals surface area contributed by atoms with E-state index < -0.39 is 0 Å². The molecule has 0 radical (unpaired) electrons. The van der Waals surface area contributed by atoms with Crippen LogP contribution in [0.3, 0.4) is 0 Å². The second kappa shape index (κ2) is 10.3. The van der Waals surface area contributed by atoms with Gasteiger partial charge in [-0.3, -0.25) is 4.90 Å². The van der Waals surface area contributed by atoms with Crippen molar-refractivity contribution in [1.29, 1.82) is 0 Å². The lowest BCUT2D eigenvalue weighted by Crippen LogP contribution is -2.44. The third-order valence-corrected chi connectivity index (χ3v) is 6.27. The molecule has 4 rings (SSSR count). The Balaban J connectivity index is 1.50. The van der Waals surface area contributed by atoms with Crippen LogP contribution < -0.4 is 11.1 Å². The van der Waals surface area contributed by atoms with E-state index in [4.69, 9.17) is 5.73 Å². The maximum absolute atomic E-state index is 5.84. The first-order valence-corrected chi connectivity index (χ1v) is 11.2. The van der Waals surface area contributed by atoms with Gasteiger partial charge in [-0.05, 0) is 54.2 Å². The van der Waals surface area contributed by atoms with E-state index in [1.165, 1.54) is 36.8 Å². The van der Waals surface area contributed by atoms with E-state index >= 15 is 0 Å². The van der Waals surface area contributed by atoms with Gasteiger partial charge in [0.1, 0.15) is 0 Å². The molecule has 0 aromatic heterocycles. The number of hydrogen-bond donors (Lipinski definition) is 2. The van der Waals surface area contributed by atoms with E-state index in [1.807, 2.05) is 12.1 Å². The molecule has 0 heterocycles. The molecule has 1 fully saturated rings. The fourth-order valence-corrected chi connectivity index (χ4v) is 4.68. The Morgan fingerprint density at radius 2 is 1.30 bits per heavy atom. The average molecular weight is 400 g/mol. The summed E-state index contributed by atoms with van der Waals surface area (Å²) in [6.07, 6.45) is 5.21. The van der Waals surface area contributed by atoms with Gasteiger partial charge in [0.15, 0.2) is 0 Å². The van der Waals surface area contributed by atoms with Gasteiger partial charge in [0, 0.05) is 37.1 Å². The molecule has 2 atom stereocenters. The van der Waals surface area contributed by atoms with Crippen molar-refractivity contribution >= 4 is 11.4 Å². The fraction of sp³-hybridized carbons (Fsp3) is 0.333. The van der Waals surface area contributed by atoms with Crippen LogP contribution in [0.2, 0.25) is 0 Å². The Morgan fingerprint density at radius 1 is 0.733 bits per heavy atom. The number of benzene rings is 3. The first-order chi connectivity index (χ1) is 14.8. The van der Waals surface area contributed by atoms with Gasteiger partial charge in [0.05, 0.1) is 0 Å². The number of nitrogen functional groups attached to an aromatic ring is 1. The highest BCUT2D eigenvalue weighted by molar-refractivity contribution is 5.51. The predicted octanol–water partition coefficient (Wildman–Crippen LogP) is 5.94. The van der Waals surface area contributed by atoms with Gasteiger partial charge in [-0.15, -0.1) is 0 Å². The lowest BCUT2D eigenvalue weighted by Gasteiger charge is -2.40. The maximum atomic E-state index is 5.84. The number of nitrogens with two attached hydrogens (primary N) is 1. The van der Waals surface area contributed by atoms with E-state index in [0.717, 1.165) is 31.0 Å². The molecule has 1 aliphatic carbocycles. The average Bonchev–Trinajstić information content (AvgIpc) is 2.80. The Labute approximate surface area is 180 Å². The van der Waals surface area contributed by atoms with Crippen molar-refractivity contribution in [3.8, 4) is 0 Å². The summed E-state index contributed by atoms with van der Waals surface area (Å²) < 4.78 is 0. The van der Waals surface area contributed by atoms with Crippen LogP contribution in [0.15, 0.2) is 84.9 Å². The van der Waals surface area contributed by atoms with Crippen molar-refractivity contribution in [3.63, 3.8) is 0 Å². The third-order valence-electron chi connectivity index (χ3n) is 6.27. The minimum atomic E-state index is 0.584. The van der Waals surface area contributed by atoms with Crippen LogP contribution >= 0.6 is 0 Å². The van der Waals surface area contributed by atoms with Crippen LogP contribution in [0.1, 0.15) is 36.8 Å². The lowest BCUT2D eigenvalue weighted by molar-refractivity contribution is 0.0944. The topological polar surface area (TPSA) is 41.3 Å². The predicted molar refractivity (Wildman–Crippen MR) is 127 cm³/mol. The Bertz CT molecular complexity index is 836. The van der Waals surface area contributed by atoms with Gasteiger partial charge in [0.2, 0.25) is 0 Å². The van der Waals surface area contributed by atoms with Crippen LogP contribution in [-0.2, 0) is 13.1 Å². The van der Waals surface area contributed by atoms with Gasteiger partial charge in [0.25, 0.3) is 0 Å². The highest BCUT2D eigenvalue weighted by atomic mass is 15.2. The molecule has 3 N–H and O–H groups in total. The van der Waals surface area contributed by atoms with Crippen molar-refractivity contribution in [2.24, 2.45) is 5.92 Å². The second-order valence-electron chi connectivity index (χ2n) is 8.49. The van der Waals surface area contributed by atoms with Gasteiger partial charge in [-0.1, -0.05) is 73.5 Å². The molecule has 3 nitrogen and oxygen atoms in total. The molecule has 3 heteroatoms. The highest BCUT2D eigenvalue weighted by Crippen LogP contribution is 2.31. The first kappa shape index (κ1) is 20.5. The smallest absolute Gasteiger partial charge is 0.0341 e. The molecule has 1 aliphatic rings. The van der Waals surface area contributed by atoms with Crippen molar-refractivity contribution in [2.75, 3.05) is 17.6 Å². The molecular weight excluding hydrogens is 366 g/mol. The Hall–Kier alpha value is -2.78. The SMILES string of the molecule is Nc1ccc(NCC2CCCCC2N(Cc2ccccc2)Cc2ccccc2)cc1. The molecule has 2 unspecified atom stereocenters. The summed E-state index contributed by atoms with van der Waals surface area (Å²) in [6.45, 7) is 3.01. The molecule has 30 heavy (non-hydrogen) atoms. The standard InChI is InChI=1S/C27H33N3/c28-25-15-17-26(18-16-25)29-19-24-13-7-8-14-27(24)30(20-22-9-3-1-4-10-22)21-23-11-5-2-6-12-23/h1-6,9-12,15-18,24,27,29H,7-8,13-14,19-21,28H2. The van der Waals surface area contributed by atoms with Crippen LogP contribution in [-0.4, -0.2) is 17.5 Å². The van der Waals surface area contributed by atoms with E-state index in [0.29, 0.717) is 12.0 Å². The molecule has 0 saturated heterocycles. The zero-order valence-electron chi connectivity index (χ0n) is 17.7. The van der Waals surface area contributed by atoms with Gasteiger partial charge in [-0.25, -0.2) is 0 Å². The number of nitrogens with one attached hydrogen (secondary N) is 1. The van der Waals surface area contributed by atoms with Crippen molar-refractivity contribution in [3.05, 3.63) is 96.1 Å². The normalized spacial score (nSPS) is 19.0. The highest BCUT2D eigenvalue weighted by Gasteiger charge is 2.30. The molecule has 156 valence electrons. The summed E-state index contributed by atoms with van der Waals surface area (Å²) in [5, 5.41) is 3.67. The number of hydrogen-bond acceptors (Lipinski definition) is 3. The molecule has 3 aromatic carbocycles. The Morgan fingerprint density at radius 3 is 1.90 bits per heavy atom. The third kappa shape index (κ3) is 5.64. The van der Waals surface area contributed by atoms with Crippen molar-refractivity contribution < 1.29 is 0 Å². The van der Waals surface area contributed by atoms with Gasteiger partial charge < -0.3 is 11.1 Å². The number of nitrogens with zero attached hydrogens (tertiary/aromatic N) is 1. The summed E-state index contributed by atoms with van der Waals surface area (Å²) in [4.78, 5) is 2.71. The zero-order chi connectivity index (χ0) is 20.6. The lowest BCUT2D eigenvalue weighted by atomic mass is 9.83. The summed E-state index contributed by atoms with van der Waals surface area (Å²) in [5.41, 5.74) is 10.6. The monoisotopic (exact) mass is 399 g/mol. The van der Waals surface area contributed by atoms with Gasteiger partial charge >= 0.3 is 0 Å². The molecule has 3 aromatic rings. The molecule has 1 saturated carbocycles. The van der Waals surface area contributed by atoms with Crippen LogP contribution in [0.4, 0.5) is 11.4 Å². The molecule has 0 bridgehead atoms. The molecule has 0 spiro atoms. The molecular formula is C27H33N3. The van der Waals surface area contributed by atoms with E-state index in [2.05, 4.69) is 83.0 Å². The largest absolute Gasteiger partial charge is 0.399 e. The van der Waals surface area contributed by atoms with Crippen LogP contribution in [0, 0.1) is 5.92 Å². The first-order valence-electron chi connectivity index (χ1n) is 11.2. The van der Waals surface area contributed by atoms with Crippen LogP contribution in [0.25, 0.3) is 0 Å². The summed E-state index contributed by atoms with van der Waals surface area (Å²) in [7, 11) is 0. The minimum Gasteiger partial charge on any atom is -0.399 e. The quantitative estimate of drug-likeness (QED) is 0.460. The van der Waals surface area contributed by atoms with E-state index in [-0.39, 0.29) is 0 Å². The van der Waals surface area contributed by atoms with Crippen LogP contribution in [0.5, 0.6) is 0 Å². The fourth-order valence-electron chi connectivity index (χ4n) is 4.68. The zero-order valence-corrected chi connectivity index (χ0v) is 17.7. The summed E-state index contributed by atoms with van der Waals surface area (Å²) >= 11 is 0. The summed E-state index contributed by atoms with van der Waals surface area (Å²) in [5.74, 6) is 0.642. The van der Waals surface area contributed by atoms with Crippen molar-refractivity contribution in [1.82, 2.24) is 4.90 Å². The maximum Gasteiger partial charge on any atom is 0.0341 e. The van der Waals surface area contributed by atoms with E-state index in [1.54, 1.807) is 0 Å². The summed E-state index contributed by atoms with van der Waals surface area (Å²) in [6, 6.07) is 30.5. The minimum absolute atomic E-state index is 0.584. The second-order valence-corrected chi connectivity index (χ2v) is 8.49. The van der Waals surface area contributed by atoms with E-state index in [9.17, 15) is 0 Å². The Kier molecular flexibility index (Phi) is 7.04.